The van der Waals surface area contributed by atoms with Gasteiger partial charge in [-0.2, -0.15) is 0 Å². The molecule has 1 heterocycles. The number of hydrogen-bond acceptors (Lipinski definition) is 4. The summed E-state index contributed by atoms with van der Waals surface area (Å²) in [5.74, 6) is 0.468. The fourth-order valence-electron chi connectivity index (χ4n) is 1.68. The maximum atomic E-state index is 11.8. The van der Waals surface area contributed by atoms with E-state index in [1.165, 1.54) is 0 Å². The van der Waals surface area contributed by atoms with Gasteiger partial charge in [-0.25, -0.2) is 0 Å². The van der Waals surface area contributed by atoms with E-state index in [1.54, 1.807) is 43.5 Å². The molecule has 1 aromatic heterocycles. The van der Waals surface area contributed by atoms with Crippen molar-refractivity contribution < 1.29 is 19.1 Å². The molecule has 0 aliphatic heterocycles. The summed E-state index contributed by atoms with van der Waals surface area (Å²) in [6.07, 6.45) is -0.813. The summed E-state index contributed by atoms with van der Waals surface area (Å²) in [7, 11) is 1.56. The second-order valence-electron chi connectivity index (χ2n) is 4.11. The normalized spacial score (nSPS) is 11.9. The third-order valence-electron chi connectivity index (χ3n) is 2.73. The van der Waals surface area contributed by atoms with Crippen LogP contribution in [-0.2, 0) is 0 Å². The Morgan fingerprint density at radius 2 is 2.25 bits per heavy atom. The van der Waals surface area contributed by atoms with Crippen molar-refractivity contribution in [1.82, 2.24) is 5.32 Å². The molecule has 0 saturated heterocycles. The number of carbonyl (C=O) groups excluding carboxylic acids is 1. The van der Waals surface area contributed by atoms with E-state index >= 15 is 0 Å². The predicted octanol–water partition coefficient (Wildman–Crippen LogP) is 2.51. The van der Waals surface area contributed by atoms with Gasteiger partial charge in [-0.15, -0.1) is 0 Å². The van der Waals surface area contributed by atoms with Crippen LogP contribution in [0.4, 0.5) is 0 Å². The van der Waals surface area contributed by atoms with E-state index in [2.05, 4.69) is 21.2 Å². The van der Waals surface area contributed by atoms with Gasteiger partial charge in [-0.05, 0) is 45.8 Å². The number of hydrogen-bond donors (Lipinski definition) is 2. The number of benzene rings is 1. The van der Waals surface area contributed by atoms with Crippen LogP contribution < -0.4 is 10.1 Å². The molecule has 0 aliphatic rings. The molecule has 106 valence electrons. The number of furan rings is 1. The fourth-order valence-corrected chi connectivity index (χ4v) is 1.99. The minimum atomic E-state index is -0.813. The van der Waals surface area contributed by atoms with Gasteiger partial charge in [0, 0.05) is 6.54 Å². The zero-order chi connectivity index (χ0) is 14.5. The Labute approximate surface area is 124 Å². The molecule has 2 rings (SSSR count). The lowest BCUT2D eigenvalue weighted by atomic mass is 10.1. The molecule has 0 aliphatic carbocycles. The summed E-state index contributed by atoms with van der Waals surface area (Å²) >= 11 is 3.12. The number of aliphatic hydroxyl groups excluding tert-OH is 1. The minimum absolute atomic E-state index is 0.0876. The van der Waals surface area contributed by atoms with Crippen LogP contribution in [0.2, 0.25) is 0 Å². The molecule has 20 heavy (non-hydrogen) atoms. The standard InChI is InChI=1S/C14H14BrNO4/c1-19-10-4-2-3-9(7-10)11(17)8-16-14(18)12-5-6-13(15)20-12/h2-7,11,17H,8H2,1H3,(H,16,18). The van der Waals surface area contributed by atoms with Crippen molar-refractivity contribution in [3.05, 3.63) is 52.4 Å². The van der Waals surface area contributed by atoms with Crippen molar-refractivity contribution >= 4 is 21.8 Å². The average molecular weight is 340 g/mol. The van der Waals surface area contributed by atoms with Gasteiger partial charge in [-0.1, -0.05) is 12.1 Å². The summed E-state index contributed by atoms with van der Waals surface area (Å²) in [6.45, 7) is 0.0876. The second-order valence-corrected chi connectivity index (χ2v) is 4.89. The lowest BCUT2D eigenvalue weighted by Crippen LogP contribution is -2.28. The highest BCUT2D eigenvalue weighted by molar-refractivity contribution is 9.10. The van der Waals surface area contributed by atoms with Crippen molar-refractivity contribution in [2.45, 2.75) is 6.10 Å². The molecule has 1 amide bonds. The van der Waals surface area contributed by atoms with E-state index in [1.807, 2.05) is 0 Å². The zero-order valence-electron chi connectivity index (χ0n) is 10.8. The first-order valence-corrected chi connectivity index (χ1v) is 6.75. The van der Waals surface area contributed by atoms with Crippen molar-refractivity contribution in [3.63, 3.8) is 0 Å². The summed E-state index contributed by atoms with van der Waals surface area (Å²) in [5, 5.41) is 12.6. The molecule has 5 nitrogen and oxygen atoms in total. The Hall–Kier alpha value is -1.79. The largest absolute Gasteiger partial charge is 0.497 e. The van der Waals surface area contributed by atoms with Gasteiger partial charge in [-0.3, -0.25) is 4.79 Å². The molecule has 2 aromatic rings. The predicted molar refractivity (Wildman–Crippen MR) is 76.7 cm³/mol. The molecule has 0 fully saturated rings. The molecule has 0 bridgehead atoms. The van der Waals surface area contributed by atoms with Crippen LogP contribution >= 0.6 is 15.9 Å². The molecule has 1 unspecified atom stereocenters. The van der Waals surface area contributed by atoms with Gasteiger partial charge in [0.05, 0.1) is 13.2 Å². The van der Waals surface area contributed by atoms with Crippen LogP contribution in [0, 0.1) is 0 Å². The van der Waals surface area contributed by atoms with E-state index in [9.17, 15) is 9.90 Å². The highest BCUT2D eigenvalue weighted by Crippen LogP contribution is 2.19. The number of halogens is 1. The Morgan fingerprint density at radius 3 is 2.90 bits per heavy atom. The molecule has 1 atom stereocenters. The summed E-state index contributed by atoms with van der Waals surface area (Å²) in [5.41, 5.74) is 0.672. The topological polar surface area (TPSA) is 71.7 Å². The maximum absolute atomic E-state index is 11.8. The summed E-state index contributed by atoms with van der Waals surface area (Å²) < 4.78 is 10.7. The first-order chi connectivity index (χ1) is 9.60. The molecular formula is C14H14BrNO4. The molecular weight excluding hydrogens is 326 g/mol. The van der Waals surface area contributed by atoms with Crippen LogP contribution in [0.5, 0.6) is 5.75 Å². The monoisotopic (exact) mass is 339 g/mol. The van der Waals surface area contributed by atoms with Crippen LogP contribution in [-0.4, -0.2) is 24.7 Å². The fraction of sp³-hybridized carbons (Fsp3) is 0.214. The van der Waals surface area contributed by atoms with Crippen LogP contribution in [0.15, 0.2) is 45.5 Å². The van der Waals surface area contributed by atoms with Gasteiger partial charge in [0.15, 0.2) is 10.4 Å². The number of nitrogens with one attached hydrogen (secondary N) is 1. The van der Waals surface area contributed by atoms with Crippen molar-refractivity contribution in [2.24, 2.45) is 0 Å². The highest BCUT2D eigenvalue weighted by Gasteiger charge is 2.13. The highest BCUT2D eigenvalue weighted by atomic mass is 79.9. The lowest BCUT2D eigenvalue weighted by molar-refractivity contribution is 0.0887. The van der Waals surface area contributed by atoms with E-state index in [0.29, 0.717) is 16.0 Å². The Kier molecular flexibility index (Phi) is 4.81. The van der Waals surface area contributed by atoms with Gasteiger partial charge >= 0.3 is 0 Å². The van der Waals surface area contributed by atoms with Gasteiger partial charge in [0.1, 0.15) is 5.75 Å². The number of aliphatic hydroxyl groups is 1. The smallest absolute Gasteiger partial charge is 0.287 e. The van der Waals surface area contributed by atoms with Gasteiger partial charge in [0.2, 0.25) is 0 Å². The SMILES string of the molecule is COc1cccc(C(O)CNC(=O)c2ccc(Br)o2)c1. The average Bonchev–Trinajstić information content (AvgIpc) is 2.91. The van der Waals surface area contributed by atoms with Crippen molar-refractivity contribution in [1.29, 1.82) is 0 Å². The number of amides is 1. The summed E-state index contributed by atoms with van der Waals surface area (Å²) in [6, 6.07) is 10.2. The van der Waals surface area contributed by atoms with Crippen LogP contribution in [0.1, 0.15) is 22.2 Å². The Bertz CT molecular complexity index is 596. The minimum Gasteiger partial charge on any atom is -0.497 e. The molecule has 0 saturated carbocycles. The Balaban J connectivity index is 1.94. The second kappa shape index (κ2) is 6.58. The van der Waals surface area contributed by atoms with E-state index < -0.39 is 6.10 Å². The van der Waals surface area contributed by atoms with E-state index in [-0.39, 0.29) is 18.2 Å². The van der Waals surface area contributed by atoms with Gasteiger partial charge < -0.3 is 19.6 Å². The van der Waals surface area contributed by atoms with Crippen molar-refractivity contribution in [2.75, 3.05) is 13.7 Å². The van der Waals surface area contributed by atoms with E-state index in [4.69, 9.17) is 9.15 Å². The molecule has 1 aromatic carbocycles. The molecule has 0 spiro atoms. The Morgan fingerprint density at radius 1 is 1.45 bits per heavy atom. The quantitative estimate of drug-likeness (QED) is 0.877. The first-order valence-electron chi connectivity index (χ1n) is 5.95. The van der Waals surface area contributed by atoms with Crippen LogP contribution in [0.3, 0.4) is 0 Å². The molecule has 0 radical (unpaired) electrons. The van der Waals surface area contributed by atoms with E-state index in [0.717, 1.165) is 0 Å². The summed E-state index contributed by atoms with van der Waals surface area (Å²) in [4.78, 5) is 11.8. The number of carbonyl (C=O) groups is 1. The number of rotatable bonds is 5. The van der Waals surface area contributed by atoms with Crippen molar-refractivity contribution in [3.8, 4) is 5.75 Å². The maximum Gasteiger partial charge on any atom is 0.287 e. The third-order valence-corrected chi connectivity index (χ3v) is 3.16. The third kappa shape index (κ3) is 3.61. The first kappa shape index (κ1) is 14.6. The number of ether oxygens (including phenoxy) is 1. The van der Waals surface area contributed by atoms with Gasteiger partial charge in [0.25, 0.3) is 5.91 Å². The number of methoxy groups -OCH3 is 1. The lowest BCUT2D eigenvalue weighted by Gasteiger charge is -2.12. The molecule has 6 heteroatoms. The molecule has 2 N–H and O–H groups in total. The zero-order valence-corrected chi connectivity index (χ0v) is 12.4. The van der Waals surface area contributed by atoms with Crippen LogP contribution in [0.25, 0.3) is 0 Å².